The van der Waals surface area contributed by atoms with Gasteiger partial charge < -0.3 is 5.11 Å². The molecule has 0 spiro atoms. The van der Waals surface area contributed by atoms with Crippen molar-refractivity contribution in [2.24, 2.45) is 0 Å². The first-order valence-electron chi connectivity index (χ1n) is 10.4. The molecule has 4 rings (SSSR count). The Hall–Kier alpha value is -3.46. The lowest BCUT2D eigenvalue weighted by molar-refractivity contribution is 0.145. The Balaban J connectivity index is 1.77. The zero-order chi connectivity index (χ0) is 23.3. The molecule has 1 N–H and O–H groups in total. The number of halogens is 2. The molecule has 4 aromatic rings. The van der Waals surface area contributed by atoms with Crippen molar-refractivity contribution >= 4 is 23.2 Å². The van der Waals surface area contributed by atoms with Crippen molar-refractivity contribution in [3.63, 3.8) is 0 Å². The second-order valence-electron chi connectivity index (χ2n) is 7.64. The van der Waals surface area contributed by atoms with Gasteiger partial charge in [0.25, 0.3) is 0 Å². The first-order valence-corrected chi connectivity index (χ1v) is 11.1. The minimum atomic E-state index is -1.55. The van der Waals surface area contributed by atoms with Gasteiger partial charge in [-0.1, -0.05) is 101 Å². The maximum atomic E-state index is 11.7. The lowest BCUT2D eigenvalue weighted by Crippen LogP contribution is -2.25. The minimum absolute atomic E-state index is 0.585. The highest BCUT2D eigenvalue weighted by Gasteiger charge is 2.29. The summed E-state index contributed by atoms with van der Waals surface area (Å²) in [6.07, 6.45) is 0. The number of hydrogen-bond acceptors (Lipinski definition) is 1. The Bertz CT molecular complexity index is 1330. The number of rotatable bonds is 2. The number of aryl methyl sites for hydroxylation is 1. The van der Waals surface area contributed by atoms with E-state index in [9.17, 15) is 5.11 Å². The first kappa shape index (κ1) is 22.7. The fourth-order valence-electron chi connectivity index (χ4n) is 3.33. The van der Waals surface area contributed by atoms with Gasteiger partial charge in [-0.25, -0.2) is 0 Å². The molecular formula is C30H20Cl2O. The van der Waals surface area contributed by atoms with Crippen molar-refractivity contribution in [3.05, 3.63) is 140 Å². The normalized spacial score (nSPS) is 10.5. The van der Waals surface area contributed by atoms with E-state index < -0.39 is 5.60 Å². The highest BCUT2D eigenvalue weighted by molar-refractivity contribution is 6.30. The lowest BCUT2D eigenvalue weighted by atomic mass is 9.86. The minimum Gasteiger partial charge on any atom is -0.369 e. The van der Waals surface area contributed by atoms with Crippen LogP contribution in [-0.4, -0.2) is 5.11 Å². The van der Waals surface area contributed by atoms with Gasteiger partial charge >= 0.3 is 0 Å². The molecule has 0 fully saturated rings. The largest absolute Gasteiger partial charge is 0.369 e. The predicted molar refractivity (Wildman–Crippen MR) is 136 cm³/mol. The highest BCUT2D eigenvalue weighted by atomic mass is 35.5. The lowest BCUT2D eigenvalue weighted by Gasteiger charge is -2.23. The molecule has 1 nitrogen and oxygen atoms in total. The number of hydrogen-bond donors (Lipinski definition) is 1. The van der Waals surface area contributed by atoms with Crippen LogP contribution in [0, 0.1) is 30.6 Å². The smallest absolute Gasteiger partial charge is 0.177 e. The summed E-state index contributed by atoms with van der Waals surface area (Å²) in [5.74, 6) is 12.6. The summed E-state index contributed by atoms with van der Waals surface area (Å²) in [6.45, 7) is 2.05. The van der Waals surface area contributed by atoms with Crippen LogP contribution in [0.3, 0.4) is 0 Å². The zero-order valence-corrected chi connectivity index (χ0v) is 19.5. The summed E-state index contributed by atoms with van der Waals surface area (Å²) in [5, 5.41) is 12.9. The van der Waals surface area contributed by atoms with Crippen LogP contribution in [0.1, 0.15) is 33.4 Å². The molecule has 0 aliphatic heterocycles. The average Bonchev–Trinajstić information content (AvgIpc) is 2.83. The van der Waals surface area contributed by atoms with Crippen molar-refractivity contribution in [1.82, 2.24) is 0 Å². The van der Waals surface area contributed by atoms with Crippen molar-refractivity contribution in [2.45, 2.75) is 12.5 Å². The molecule has 0 radical (unpaired) electrons. The molecular weight excluding hydrogens is 447 g/mol. The summed E-state index contributed by atoms with van der Waals surface area (Å²) in [4.78, 5) is 0. The van der Waals surface area contributed by atoms with E-state index in [1.165, 1.54) is 5.56 Å². The Kier molecular flexibility index (Phi) is 6.88. The van der Waals surface area contributed by atoms with E-state index in [1.807, 2.05) is 55.5 Å². The van der Waals surface area contributed by atoms with Crippen LogP contribution in [-0.2, 0) is 5.60 Å². The zero-order valence-electron chi connectivity index (χ0n) is 17.9. The van der Waals surface area contributed by atoms with Gasteiger partial charge in [-0.15, -0.1) is 0 Å². The van der Waals surface area contributed by atoms with Crippen LogP contribution in [0.25, 0.3) is 0 Å². The third-order valence-electron chi connectivity index (χ3n) is 5.22. The Morgan fingerprint density at radius 2 is 1.09 bits per heavy atom. The average molecular weight is 467 g/mol. The molecule has 3 heteroatoms. The summed E-state index contributed by atoms with van der Waals surface area (Å²) >= 11 is 12.1. The standard InChI is InChI=1S/C30H20Cl2O/c1-22-6-8-23(9-7-22)10-11-24-4-2-3-5-25(24)20-21-30(33,26-12-16-28(31)17-13-26)27-14-18-29(32)19-15-27/h2-9,12-19,33H,1H3. The van der Waals surface area contributed by atoms with Crippen LogP contribution < -0.4 is 0 Å². The van der Waals surface area contributed by atoms with Gasteiger partial charge in [0, 0.05) is 37.9 Å². The third-order valence-corrected chi connectivity index (χ3v) is 5.73. The van der Waals surface area contributed by atoms with E-state index in [0.717, 1.165) is 16.7 Å². The van der Waals surface area contributed by atoms with Gasteiger partial charge in [0.15, 0.2) is 5.60 Å². The topological polar surface area (TPSA) is 20.2 Å². The van der Waals surface area contributed by atoms with Crippen LogP contribution >= 0.6 is 23.2 Å². The molecule has 0 aliphatic carbocycles. The molecule has 0 unspecified atom stereocenters. The van der Waals surface area contributed by atoms with E-state index >= 15 is 0 Å². The van der Waals surface area contributed by atoms with Gasteiger partial charge in [0.2, 0.25) is 0 Å². The molecule has 0 saturated heterocycles. The van der Waals surface area contributed by atoms with Crippen LogP contribution in [0.4, 0.5) is 0 Å². The van der Waals surface area contributed by atoms with E-state index in [-0.39, 0.29) is 0 Å². The predicted octanol–water partition coefficient (Wildman–Crippen LogP) is 6.99. The second-order valence-corrected chi connectivity index (χ2v) is 8.51. The van der Waals surface area contributed by atoms with Gasteiger partial charge in [0.05, 0.1) is 0 Å². The first-order chi connectivity index (χ1) is 15.9. The van der Waals surface area contributed by atoms with Crippen molar-refractivity contribution in [3.8, 4) is 23.7 Å². The maximum absolute atomic E-state index is 11.7. The van der Waals surface area contributed by atoms with Gasteiger partial charge in [-0.2, -0.15) is 0 Å². The fourth-order valence-corrected chi connectivity index (χ4v) is 3.58. The summed E-state index contributed by atoms with van der Waals surface area (Å²) in [5.41, 5.74) is 3.33. The molecule has 0 amide bonds. The highest BCUT2D eigenvalue weighted by Crippen LogP contribution is 2.31. The summed E-state index contributed by atoms with van der Waals surface area (Å²) < 4.78 is 0. The van der Waals surface area contributed by atoms with Gasteiger partial charge in [-0.3, -0.25) is 0 Å². The Morgan fingerprint density at radius 1 is 0.606 bits per heavy atom. The molecule has 0 aliphatic rings. The fraction of sp³-hybridized carbons (Fsp3) is 0.0667. The van der Waals surface area contributed by atoms with Crippen molar-refractivity contribution < 1.29 is 5.11 Å². The molecule has 160 valence electrons. The van der Waals surface area contributed by atoms with E-state index in [1.54, 1.807) is 48.5 Å². The second kappa shape index (κ2) is 9.99. The molecule has 4 aromatic carbocycles. The van der Waals surface area contributed by atoms with Gasteiger partial charge in [0.1, 0.15) is 0 Å². The van der Waals surface area contributed by atoms with E-state index in [4.69, 9.17) is 23.2 Å². The van der Waals surface area contributed by atoms with E-state index in [0.29, 0.717) is 21.2 Å². The maximum Gasteiger partial charge on any atom is 0.177 e. The Labute approximate surface area is 204 Å². The molecule has 0 aromatic heterocycles. The van der Waals surface area contributed by atoms with Gasteiger partial charge in [-0.05, 0) is 55.5 Å². The van der Waals surface area contributed by atoms with E-state index in [2.05, 4.69) is 23.7 Å². The van der Waals surface area contributed by atoms with Crippen LogP contribution in [0.15, 0.2) is 97.1 Å². The molecule has 33 heavy (non-hydrogen) atoms. The monoisotopic (exact) mass is 466 g/mol. The number of benzene rings is 4. The number of aliphatic hydroxyl groups is 1. The third kappa shape index (κ3) is 5.48. The van der Waals surface area contributed by atoms with Crippen LogP contribution in [0.2, 0.25) is 10.0 Å². The van der Waals surface area contributed by atoms with Crippen molar-refractivity contribution in [1.29, 1.82) is 0 Å². The van der Waals surface area contributed by atoms with Crippen LogP contribution in [0.5, 0.6) is 0 Å². The molecule has 0 atom stereocenters. The summed E-state index contributed by atoms with van der Waals surface area (Å²) in [6, 6.07) is 29.8. The van der Waals surface area contributed by atoms with Crippen molar-refractivity contribution in [2.75, 3.05) is 0 Å². The quantitative estimate of drug-likeness (QED) is 0.315. The molecule has 0 heterocycles. The molecule has 0 bridgehead atoms. The Morgan fingerprint density at radius 3 is 1.61 bits per heavy atom. The summed E-state index contributed by atoms with van der Waals surface area (Å²) in [7, 11) is 0. The molecule has 0 saturated carbocycles. The SMILES string of the molecule is Cc1ccc(C#Cc2ccccc2C#CC(O)(c2ccc(Cl)cc2)c2ccc(Cl)cc2)cc1.